The predicted octanol–water partition coefficient (Wildman–Crippen LogP) is 1.68. The van der Waals surface area contributed by atoms with E-state index in [1.165, 1.54) is 11.3 Å². The maximum atomic E-state index is 11.6. The minimum absolute atomic E-state index is 0.249. The molecule has 0 saturated carbocycles. The third kappa shape index (κ3) is 4.32. The fourth-order valence-electron chi connectivity index (χ4n) is 1.51. The second-order valence-corrected chi connectivity index (χ2v) is 4.91. The highest BCUT2D eigenvalue weighted by atomic mass is 32.1. The Balaban J connectivity index is 2.65. The summed E-state index contributed by atoms with van der Waals surface area (Å²) in [7, 11) is 4.02. The molecular formula is C11H19N3O2S. The van der Waals surface area contributed by atoms with Crippen molar-refractivity contribution in [1.29, 1.82) is 0 Å². The average Bonchev–Trinajstić information content (AvgIpc) is 2.64. The van der Waals surface area contributed by atoms with Crippen LogP contribution in [0.25, 0.3) is 0 Å². The van der Waals surface area contributed by atoms with Crippen LogP contribution >= 0.6 is 11.3 Å². The molecule has 0 aliphatic heterocycles. The van der Waals surface area contributed by atoms with Crippen LogP contribution in [-0.4, -0.2) is 49.1 Å². The van der Waals surface area contributed by atoms with Crippen molar-refractivity contribution in [2.75, 3.05) is 32.6 Å². The summed E-state index contributed by atoms with van der Waals surface area (Å²) < 4.78 is 4.94. The highest BCUT2D eigenvalue weighted by molar-refractivity contribution is 7.14. The van der Waals surface area contributed by atoms with Crippen molar-refractivity contribution < 1.29 is 9.53 Å². The van der Waals surface area contributed by atoms with Gasteiger partial charge in [-0.3, -0.25) is 0 Å². The van der Waals surface area contributed by atoms with Crippen molar-refractivity contribution in [2.24, 2.45) is 0 Å². The summed E-state index contributed by atoms with van der Waals surface area (Å²) in [5.41, 5.74) is 2.03. The van der Waals surface area contributed by atoms with Crippen molar-refractivity contribution in [2.45, 2.75) is 19.9 Å². The summed E-state index contributed by atoms with van der Waals surface area (Å²) >= 11 is 1.42. The number of carbonyl (C=O) groups excluding carboxylic acids is 1. The van der Waals surface area contributed by atoms with Crippen LogP contribution in [0.5, 0.6) is 0 Å². The lowest BCUT2D eigenvalue weighted by Gasteiger charge is -2.18. The van der Waals surface area contributed by atoms with Gasteiger partial charge in [-0.05, 0) is 27.9 Å². The molecule has 1 heterocycles. The van der Waals surface area contributed by atoms with Crippen molar-refractivity contribution >= 4 is 22.3 Å². The van der Waals surface area contributed by atoms with Gasteiger partial charge in [-0.1, -0.05) is 0 Å². The Kier molecular flexibility index (Phi) is 5.37. The van der Waals surface area contributed by atoms with E-state index in [1.54, 1.807) is 12.4 Å². The standard InChI is InChI=1S/C11H19N3O2S/c1-5-16-11(15)9-10(17-7-12-9)13-8(2)6-14(3)4/h7-8,13H,5-6H2,1-4H3. The number of esters is 1. The van der Waals surface area contributed by atoms with Crippen molar-refractivity contribution in [3.63, 3.8) is 0 Å². The minimum Gasteiger partial charge on any atom is -0.461 e. The summed E-state index contributed by atoms with van der Waals surface area (Å²) in [5.74, 6) is -0.367. The maximum Gasteiger partial charge on any atom is 0.360 e. The Hall–Kier alpha value is -1.14. The van der Waals surface area contributed by atoms with E-state index >= 15 is 0 Å². The molecule has 5 nitrogen and oxygen atoms in total. The zero-order valence-electron chi connectivity index (χ0n) is 10.7. The number of nitrogens with one attached hydrogen (secondary N) is 1. The highest BCUT2D eigenvalue weighted by Crippen LogP contribution is 2.21. The lowest BCUT2D eigenvalue weighted by Crippen LogP contribution is -2.29. The van der Waals surface area contributed by atoms with E-state index < -0.39 is 0 Å². The number of carbonyl (C=O) groups is 1. The van der Waals surface area contributed by atoms with Crippen LogP contribution in [-0.2, 0) is 4.74 Å². The number of hydrogen-bond donors (Lipinski definition) is 1. The number of likely N-dealkylation sites (N-methyl/N-ethyl adjacent to an activating group) is 1. The van der Waals surface area contributed by atoms with Gasteiger partial charge in [0, 0.05) is 12.6 Å². The van der Waals surface area contributed by atoms with Crippen LogP contribution in [0.3, 0.4) is 0 Å². The van der Waals surface area contributed by atoms with Crippen LogP contribution < -0.4 is 5.32 Å². The highest BCUT2D eigenvalue weighted by Gasteiger charge is 2.17. The third-order valence-corrected chi connectivity index (χ3v) is 2.81. The molecule has 6 heteroatoms. The van der Waals surface area contributed by atoms with E-state index in [0.717, 1.165) is 11.5 Å². The molecule has 1 N–H and O–H groups in total. The topological polar surface area (TPSA) is 54.5 Å². The van der Waals surface area contributed by atoms with Crippen molar-refractivity contribution in [3.05, 3.63) is 11.2 Å². The van der Waals surface area contributed by atoms with Gasteiger partial charge in [-0.25, -0.2) is 9.78 Å². The molecule has 0 radical (unpaired) electrons. The van der Waals surface area contributed by atoms with Gasteiger partial charge in [0.05, 0.1) is 12.1 Å². The molecule has 0 aliphatic rings. The van der Waals surface area contributed by atoms with E-state index in [2.05, 4.69) is 22.1 Å². The second kappa shape index (κ2) is 6.56. The SMILES string of the molecule is CCOC(=O)c1ncsc1NC(C)CN(C)C. The molecule has 0 bridgehead atoms. The molecule has 0 aromatic carbocycles. The number of ether oxygens (including phenoxy) is 1. The Labute approximate surface area is 106 Å². The van der Waals surface area contributed by atoms with Gasteiger partial charge in [-0.2, -0.15) is 0 Å². The van der Waals surface area contributed by atoms with Crippen molar-refractivity contribution in [3.8, 4) is 0 Å². The first kappa shape index (κ1) is 13.9. The van der Waals surface area contributed by atoms with Crippen LogP contribution in [0.15, 0.2) is 5.51 Å². The number of anilines is 1. The number of hydrogen-bond acceptors (Lipinski definition) is 6. The average molecular weight is 257 g/mol. The van der Waals surface area contributed by atoms with Gasteiger partial charge in [0.15, 0.2) is 5.69 Å². The number of thiazole rings is 1. The molecule has 1 unspecified atom stereocenters. The summed E-state index contributed by atoms with van der Waals surface area (Å²) in [5, 5.41) is 4.05. The van der Waals surface area contributed by atoms with E-state index in [1.807, 2.05) is 14.1 Å². The summed E-state index contributed by atoms with van der Waals surface area (Å²) in [6.45, 7) is 5.10. The molecule has 0 saturated heterocycles. The first-order valence-electron chi connectivity index (χ1n) is 5.56. The zero-order chi connectivity index (χ0) is 12.8. The minimum atomic E-state index is -0.367. The smallest absolute Gasteiger partial charge is 0.360 e. The summed E-state index contributed by atoms with van der Waals surface area (Å²) in [6, 6.07) is 0.249. The van der Waals surface area contributed by atoms with E-state index in [0.29, 0.717) is 12.3 Å². The Morgan fingerprint density at radius 3 is 2.94 bits per heavy atom. The third-order valence-electron chi connectivity index (χ3n) is 2.05. The van der Waals surface area contributed by atoms with Gasteiger partial charge >= 0.3 is 5.97 Å². The zero-order valence-corrected chi connectivity index (χ0v) is 11.5. The van der Waals surface area contributed by atoms with Gasteiger partial charge in [-0.15, -0.1) is 11.3 Å². The molecule has 1 aromatic heterocycles. The molecular weight excluding hydrogens is 238 g/mol. The van der Waals surface area contributed by atoms with Crippen molar-refractivity contribution in [1.82, 2.24) is 9.88 Å². The van der Waals surface area contributed by atoms with Gasteiger partial charge in [0.1, 0.15) is 5.00 Å². The number of rotatable bonds is 6. The molecule has 17 heavy (non-hydrogen) atoms. The molecule has 0 aliphatic carbocycles. The first-order valence-corrected chi connectivity index (χ1v) is 6.44. The lowest BCUT2D eigenvalue weighted by molar-refractivity contribution is 0.0521. The van der Waals surface area contributed by atoms with Gasteiger partial charge in [0.2, 0.25) is 0 Å². The fourth-order valence-corrected chi connectivity index (χ4v) is 2.29. The van der Waals surface area contributed by atoms with Crippen LogP contribution in [0.2, 0.25) is 0 Å². The predicted molar refractivity (Wildman–Crippen MR) is 69.7 cm³/mol. The van der Waals surface area contributed by atoms with Gasteiger partial charge < -0.3 is 15.0 Å². The van der Waals surface area contributed by atoms with E-state index in [9.17, 15) is 4.79 Å². The Morgan fingerprint density at radius 1 is 1.65 bits per heavy atom. The fraction of sp³-hybridized carbons (Fsp3) is 0.636. The van der Waals surface area contributed by atoms with Crippen LogP contribution in [0.1, 0.15) is 24.3 Å². The quantitative estimate of drug-likeness (QED) is 0.786. The molecule has 96 valence electrons. The van der Waals surface area contributed by atoms with E-state index in [-0.39, 0.29) is 12.0 Å². The molecule has 0 fully saturated rings. The first-order chi connectivity index (χ1) is 8.04. The largest absolute Gasteiger partial charge is 0.461 e. The van der Waals surface area contributed by atoms with Crippen LogP contribution in [0, 0.1) is 0 Å². The summed E-state index contributed by atoms with van der Waals surface area (Å²) in [6.07, 6.45) is 0. The number of aromatic nitrogens is 1. The second-order valence-electron chi connectivity index (χ2n) is 4.06. The number of nitrogens with zero attached hydrogens (tertiary/aromatic N) is 2. The Bertz CT molecular complexity index is 365. The normalized spacial score (nSPS) is 12.5. The molecule has 1 rings (SSSR count). The van der Waals surface area contributed by atoms with Crippen LogP contribution in [0.4, 0.5) is 5.00 Å². The molecule has 1 atom stereocenters. The lowest BCUT2D eigenvalue weighted by atomic mass is 10.3. The summed E-state index contributed by atoms with van der Waals surface area (Å²) in [4.78, 5) is 17.7. The molecule has 1 aromatic rings. The molecule has 0 spiro atoms. The maximum absolute atomic E-state index is 11.6. The monoisotopic (exact) mass is 257 g/mol. The van der Waals surface area contributed by atoms with E-state index in [4.69, 9.17) is 4.74 Å². The van der Waals surface area contributed by atoms with Gasteiger partial charge in [0.25, 0.3) is 0 Å². The Morgan fingerprint density at radius 2 is 2.35 bits per heavy atom. The molecule has 0 amide bonds.